The lowest BCUT2D eigenvalue weighted by Gasteiger charge is -2.06. The molecule has 14 heavy (non-hydrogen) atoms. The minimum atomic E-state index is -0.505. The van der Waals surface area contributed by atoms with Crippen molar-refractivity contribution in [1.82, 2.24) is 0 Å². The predicted molar refractivity (Wildman–Crippen MR) is 56.7 cm³/mol. The third-order valence-electron chi connectivity index (χ3n) is 2.16. The number of alkyl halides is 1. The predicted octanol–water partition coefficient (Wildman–Crippen LogP) is 2.30. The molecule has 1 N–H and O–H groups in total. The van der Waals surface area contributed by atoms with Crippen LogP contribution in [0.5, 0.6) is 0 Å². The van der Waals surface area contributed by atoms with Gasteiger partial charge in [-0.15, -0.1) is 11.6 Å². The molecule has 0 aromatic heterocycles. The molecule has 0 aliphatic rings. The van der Waals surface area contributed by atoms with Crippen LogP contribution < -0.4 is 0 Å². The van der Waals surface area contributed by atoms with E-state index in [0.29, 0.717) is 5.56 Å². The highest BCUT2D eigenvalue weighted by Crippen LogP contribution is 2.14. The molecule has 76 valence electrons. The number of hydrogen-bond donors (Lipinski definition) is 1. The van der Waals surface area contributed by atoms with E-state index >= 15 is 0 Å². The van der Waals surface area contributed by atoms with Crippen LogP contribution in [-0.2, 0) is 6.61 Å². The van der Waals surface area contributed by atoms with Crippen molar-refractivity contribution in [3.63, 3.8) is 0 Å². The van der Waals surface area contributed by atoms with Crippen LogP contribution in [0.1, 0.15) is 28.4 Å². The largest absolute Gasteiger partial charge is 0.392 e. The molecule has 0 fully saturated rings. The third kappa shape index (κ3) is 2.34. The number of hydrogen-bond acceptors (Lipinski definition) is 2. The lowest BCUT2D eigenvalue weighted by molar-refractivity contribution is 0.0991. The quantitative estimate of drug-likeness (QED) is 0.617. The Labute approximate surface area is 88.5 Å². The van der Waals surface area contributed by atoms with E-state index in [4.69, 9.17) is 16.7 Å². The van der Waals surface area contributed by atoms with Gasteiger partial charge < -0.3 is 5.11 Å². The first kappa shape index (κ1) is 11.2. The smallest absolute Gasteiger partial charge is 0.180 e. The molecule has 1 unspecified atom stereocenters. The molecule has 0 spiro atoms. The van der Waals surface area contributed by atoms with Gasteiger partial charge in [-0.05, 0) is 31.0 Å². The molecule has 3 heteroatoms. The van der Waals surface area contributed by atoms with E-state index in [-0.39, 0.29) is 12.4 Å². The van der Waals surface area contributed by atoms with Crippen molar-refractivity contribution in [3.8, 4) is 0 Å². The molecule has 0 saturated heterocycles. The zero-order chi connectivity index (χ0) is 10.7. The van der Waals surface area contributed by atoms with Gasteiger partial charge >= 0.3 is 0 Å². The molecule has 1 aromatic carbocycles. The third-order valence-corrected chi connectivity index (χ3v) is 2.36. The highest BCUT2D eigenvalue weighted by Gasteiger charge is 2.12. The van der Waals surface area contributed by atoms with E-state index in [0.717, 1.165) is 11.1 Å². The molecule has 0 bridgehead atoms. The van der Waals surface area contributed by atoms with Crippen LogP contribution in [0, 0.1) is 6.92 Å². The topological polar surface area (TPSA) is 37.3 Å². The van der Waals surface area contributed by atoms with Crippen molar-refractivity contribution in [2.24, 2.45) is 0 Å². The fraction of sp³-hybridized carbons (Fsp3) is 0.364. The second kappa shape index (κ2) is 4.58. The number of carbonyl (C=O) groups is 1. The number of halogens is 1. The van der Waals surface area contributed by atoms with Gasteiger partial charge in [-0.2, -0.15) is 0 Å². The van der Waals surface area contributed by atoms with E-state index < -0.39 is 5.38 Å². The van der Waals surface area contributed by atoms with Gasteiger partial charge in [0.2, 0.25) is 0 Å². The van der Waals surface area contributed by atoms with Crippen LogP contribution in [0.15, 0.2) is 18.2 Å². The van der Waals surface area contributed by atoms with Gasteiger partial charge in [0.05, 0.1) is 12.0 Å². The van der Waals surface area contributed by atoms with Crippen LogP contribution in [-0.4, -0.2) is 16.3 Å². The summed E-state index contributed by atoms with van der Waals surface area (Å²) in [5.41, 5.74) is 2.35. The standard InChI is InChI=1S/C11H13ClO2/c1-7-5-9(11(14)8(2)12)3-4-10(7)6-13/h3-5,8,13H,6H2,1-2H3. The Kier molecular flexibility index (Phi) is 3.67. The van der Waals surface area contributed by atoms with Crippen molar-refractivity contribution in [1.29, 1.82) is 0 Å². The van der Waals surface area contributed by atoms with E-state index in [1.54, 1.807) is 25.1 Å². The van der Waals surface area contributed by atoms with E-state index in [1.165, 1.54) is 0 Å². The van der Waals surface area contributed by atoms with Crippen LogP contribution in [0.25, 0.3) is 0 Å². The van der Waals surface area contributed by atoms with Gasteiger partial charge in [-0.25, -0.2) is 0 Å². The summed E-state index contributed by atoms with van der Waals surface area (Å²) in [7, 11) is 0. The zero-order valence-electron chi connectivity index (χ0n) is 8.25. The number of aliphatic hydroxyl groups is 1. The summed E-state index contributed by atoms with van der Waals surface area (Å²) >= 11 is 5.69. The fourth-order valence-corrected chi connectivity index (χ4v) is 1.38. The average Bonchev–Trinajstić information content (AvgIpc) is 2.16. The van der Waals surface area contributed by atoms with Crippen molar-refractivity contribution < 1.29 is 9.90 Å². The van der Waals surface area contributed by atoms with Crippen LogP contribution >= 0.6 is 11.6 Å². The van der Waals surface area contributed by atoms with Gasteiger partial charge in [-0.1, -0.05) is 12.1 Å². The highest BCUT2D eigenvalue weighted by molar-refractivity contribution is 6.33. The summed E-state index contributed by atoms with van der Waals surface area (Å²) in [6.07, 6.45) is 0. The lowest BCUT2D eigenvalue weighted by Crippen LogP contribution is -2.10. The first-order valence-electron chi connectivity index (χ1n) is 4.45. The normalized spacial score (nSPS) is 12.6. The van der Waals surface area contributed by atoms with E-state index in [1.807, 2.05) is 6.92 Å². The monoisotopic (exact) mass is 212 g/mol. The summed E-state index contributed by atoms with van der Waals surface area (Å²) in [6, 6.07) is 5.20. The van der Waals surface area contributed by atoms with Crippen molar-refractivity contribution in [3.05, 3.63) is 34.9 Å². The SMILES string of the molecule is Cc1cc(C(=O)C(C)Cl)ccc1CO. The van der Waals surface area contributed by atoms with Gasteiger partial charge in [0.1, 0.15) is 0 Å². The van der Waals surface area contributed by atoms with Crippen LogP contribution in [0.2, 0.25) is 0 Å². The maximum absolute atomic E-state index is 11.5. The maximum Gasteiger partial charge on any atom is 0.180 e. The Hall–Kier alpha value is -0.860. The molecule has 1 atom stereocenters. The van der Waals surface area contributed by atoms with Gasteiger partial charge in [-0.3, -0.25) is 4.79 Å². The van der Waals surface area contributed by atoms with Crippen molar-refractivity contribution in [2.45, 2.75) is 25.8 Å². The minimum absolute atomic E-state index is 0.00324. The number of ketones is 1. The molecule has 0 aliphatic heterocycles. The summed E-state index contributed by atoms with van der Waals surface area (Å²) in [6.45, 7) is 3.51. The Bertz CT molecular complexity index is 345. The maximum atomic E-state index is 11.5. The average molecular weight is 213 g/mol. The Morgan fingerprint density at radius 1 is 1.57 bits per heavy atom. The number of aliphatic hydroxyl groups excluding tert-OH is 1. The summed E-state index contributed by atoms with van der Waals surface area (Å²) in [5.74, 6) is -0.0840. The zero-order valence-corrected chi connectivity index (χ0v) is 9.01. The number of benzene rings is 1. The van der Waals surface area contributed by atoms with Gasteiger partial charge in [0.25, 0.3) is 0 Å². The minimum Gasteiger partial charge on any atom is -0.392 e. The number of Topliss-reactive ketones (excluding diaryl/α,β-unsaturated/α-hetero) is 1. The molecular weight excluding hydrogens is 200 g/mol. The molecule has 1 rings (SSSR count). The Morgan fingerprint density at radius 3 is 2.64 bits per heavy atom. The number of aryl methyl sites for hydroxylation is 1. The second-order valence-electron chi connectivity index (χ2n) is 3.28. The summed E-state index contributed by atoms with van der Waals surface area (Å²) < 4.78 is 0. The van der Waals surface area contributed by atoms with Crippen LogP contribution in [0.4, 0.5) is 0 Å². The molecule has 0 radical (unpaired) electrons. The molecule has 1 aromatic rings. The molecule has 0 heterocycles. The first-order valence-corrected chi connectivity index (χ1v) is 4.88. The van der Waals surface area contributed by atoms with E-state index in [2.05, 4.69) is 0 Å². The Morgan fingerprint density at radius 2 is 2.21 bits per heavy atom. The summed E-state index contributed by atoms with van der Waals surface area (Å²) in [5, 5.41) is 8.44. The molecular formula is C11H13ClO2. The summed E-state index contributed by atoms with van der Waals surface area (Å²) in [4.78, 5) is 11.5. The molecule has 0 amide bonds. The molecule has 2 nitrogen and oxygen atoms in total. The first-order chi connectivity index (χ1) is 6.56. The van der Waals surface area contributed by atoms with Crippen LogP contribution in [0.3, 0.4) is 0 Å². The second-order valence-corrected chi connectivity index (χ2v) is 3.93. The van der Waals surface area contributed by atoms with Crippen molar-refractivity contribution in [2.75, 3.05) is 0 Å². The number of rotatable bonds is 3. The fourth-order valence-electron chi connectivity index (χ4n) is 1.26. The number of carbonyl (C=O) groups excluding carboxylic acids is 1. The van der Waals surface area contributed by atoms with E-state index in [9.17, 15) is 4.79 Å². The highest BCUT2D eigenvalue weighted by atomic mass is 35.5. The van der Waals surface area contributed by atoms with Gasteiger partial charge in [0.15, 0.2) is 5.78 Å². The van der Waals surface area contributed by atoms with Crippen molar-refractivity contribution >= 4 is 17.4 Å². The molecule has 0 saturated carbocycles. The Balaban J connectivity index is 3.03. The molecule has 0 aliphatic carbocycles. The van der Waals surface area contributed by atoms with Gasteiger partial charge in [0, 0.05) is 5.56 Å². The lowest BCUT2D eigenvalue weighted by atomic mass is 10.0.